The molecule has 0 saturated carbocycles. The van der Waals surface area contributed by atoms with Crippen molar-refractivity contribution in [3.8, 4) is 0 Å². The molecule has 0 bridgehead atoms. The maximum absolute atomic E-state index is 13.1. The van der Waals surface area contributed by atoms with Gasteiger partial charge in [0.25, 0.3) is 0 Å². The molecule has 0 aromatic heterocycles. The zero-order chi connectivity index (χ0) is 18.8. The van der Waals surface area contributed by atoms with Crippen molar-refractivity contribution in [2.45, 2.75) is 37.5 Å². The van der Waals surface area contributed by atoms with E-state index in [1.807, 2.05) is 25.1 Å². The Balaban J connectivity index is 1.36. The molecule has 2 N–H and O–H groups in total. The van der Waals surface area contributed by atoms with Gasteiger partial charge in [0.15, 0.2) is 0 Å². The third-order valence-corrected chi connectivity index (χ3v) is 5.82. The molecule has 1 amide bonds. The van der Waals surface area contributed by atoms with E-state index in [9.17, 15) is 4.79 Å². The van der Waals surface area contributed by atoms with Gasteiger partial charge in [-0.1, -0.05) is 54.6 Å². The summed E-state index contributed by atoms with van der Waals surface area (Å²) in [6.45, 7) is 1.54. The van der Waals surface area contributed by atoms with Gasteiger partial charge in [0.1, 0.15) is 0 Å². The molecule has 142 valence electrons. The van der Waals surface area contributed by atoms with Crippen molar-refractivity contribution < 1.29 is 4.79 Å². The first kappa shape index (κ1) is 18.2. The molecule has 27 heavy (non-hydrogen) atoms. The van der Waals surface area contributed by atoms with Crippen LogP contribution in [0.5, 0.6) is 0 Å². The lowest BCUT2D eigenvalue weighted by Crippen LogP contribution is -2.51. The standard InChI is InChI=1S/C22H28N4O/c1-25-14-18-11-7-6-10-17(18)12-21(25)22(27)26(2)15-19-13-20(24-23-19)16-8-4-3-5-9-16/h3-11,19-21,23-24H,12-15H2,1-2H3. The molecule has 4 rings (SSSR count). The third kappa shape index (κ3) is 3.90. The van der Waals surface area contributed by atoms with Gasteiger partial charge < -0.3 is 4.90 Å². The lowest BCUT2D eigenvalue weighted by molar-refractivity contribution is -0.136. The highest BCUT2D eigenvalue weighted by atomic mass is 16.2. The van der Waals surface area contributed by atoms with E-state index in [1.54, 1.807) is 0 Å². The summed E-state index contributed by atoms with van der Waals surface area (Å²) in [6, 6.07) is 19.4. The van der Waals surface area contributed by atoms with Crippen molar-refractivity contribution in [3.63, 3.8) is 0 Å². The van der Waals surface area contributed by atoms with Crippen LogP contribution in [-0.2, 0) is 17.8 Å². The SMILES string of the molecule is CN(CC1CC(c2ccccc2)NN1)C(=O)C1Cc2ccccc2CN1C. The minimum atomic E-state index is -0.0795. The average molecular weight is 364 g/mol. The van der Waals surface area contributed by atoms with Crippen LogP contribution in [0.25, 0.3) is 0 Å². The van der Waals surface area contributed by atoms with E-state index in [0.717, 1.165) is 19.4 Å². The van der Waals surface area contributed by atoms with Crippen molar-refractivity contribution in [2.24, 2.45) is 0 Å². The number of hydrogen-bond acceptors (Lipinski definition) is 4. The average Bonchev–Trinajstić information content (AvgIpc) is 3.16. The summed E-state index contributed by atoms with van der Waals surface area (Å²) in [5.41, 5.74) is 10.6. The quantitative estimate of drug-likeness (QED) is 0.872. The number of carbonyl (C=O) groups is 1. The van der Waals surface area contributed by atoms with Crippen LogP contribution >= 0.6 is 0 Å². The van der Waals surface area contributed by atoms with E-state index in [4.69, 9.17) is 0 Å². The Labute approximate surface area is 161 Å². The van der Waals surface area contributed by atoms with Crippen LogP contribution in [-0.4, -0.2) is 48.4 Å². The molecule has 5 nitrogen and oxygen atoms in total. The molecule has 5 heteroatoms. The Morgan fingerprint density at radius 2 is 1.78 bits per heavy atom. The summed E-state index contributed by atoms with van der Waals surface area (Å²) in [7, 11) is 3.97. The summed E-state index contributed by atoms with van der Waals surface area (Å²) >= 11 is 0. The fourth-order valence-electron chi connectivity index (χ4n) is 4.25. The Kier molecular flexibility index (Phi) is 5.25. The second-order valence-electron chi connectivity index (χ2n) is 7.81. The molecular formula is C22H28N4O. The zero-order valence-electron chi connectivity index (χ0n) is 16.1. The molecule has 2 aromatic rings. The molecule has 0 spiro atoms. The molecule has 3 atom stereocenters. The van der Waals surface area contributed by atoms with Crippen LogP contribution < -0.4 is 10.9 Å². The number of carbonyl (C=O) groups excluding carboxylic acids is 1. The van der Waals surface area contributed by atoms with Gasteiger partial charge in [-0.2, -0.15) is 0 Å². The van der Waals surface area contributed by atoms with Gasteiger partial charge in [-0.15, -0.1) is 0 Å². The van der Waals surface area contributed by atoms with Gasteiger partial charge in [0, 0.05) is 32.2 Å². The van der Waals surface area contributed by atoms with Crippen molar-refractivity contribution in [3.05, 3.63) is 71.3 Å². The number of benzene rings is 2. The number of hydrogen-bond donors (Lipinski definition) is 2. The highest BCUT2D eigenvalue weighted by molar-refractivity contribution is 5.82. The lowest BCUT2D eigenvalue weighted by atomic mass is 9.93. The summed E-state index contributed by atoms with van der Waals surface area (Å²) in [6.07, 6.45) is 1.77. The van der Waals surface area contributed by atoms with Crippen LogP contribution in [0.2, 0.25) is 0 Å². The molecule has 2 aliphatic rings. The number of fused-ring (bicyclic) bond motifs is 1. The normalized spacial score (nSPS) is 25.2. The smallest absolute Gasteiger partial charge is 0.240 e. The fourth-order valence-corrected chi connectivity index (χ4v) is 4.25. The van der Waals surface area contributed by atoms with Crippen molar-refractivity contribution in [1.82, 2.24) is 20.7 Å². The summed E-state index contributed by atoms with van der Waals surface area (Å²) in [5, 5.41) is 0. The zero-order valence-corrected chi connectivity index (χ0v) is 16.1. The van der Waals surface area contributed by atoms with Crippen molar-refractivity contribution in [2.75, 3.05) is 20.6 Å². The van der Waals surface area contributed by atoms with Crippen LogP contribution in [0.1, 0.15) is 29.2 Å². The Bertz CT molecular complexity index is 794. The van der Waals surface area contributed by atoms with E-state index in [1.165, 1.54) is 16.7 Å². The van der Waals surface area contributed by atoms with Crippen LogP contribution in [0.15, 0.2) is 54.6 Å². The second-order valence-corrected chi connectivity index (χ2v) is 7.81. The Morgan fingerprint density at radius 1 is 1.07 bits per heavy atom. The molecule has 1 fully saturated rings. The van der Waals surface area contributed by atoms with Gasteiger partial charge in [-0.05, 0) is 36.6 Å². The molecular weight excluding hydrogens is 336 g/mol. The summed E-state index contributed by atoms with van der Waals surface area (Å²) in [5.74, 6) is 0.206. The number of amides is 1. The molecule has 2 heterocycles. The van der Waals surface area contributed by atoms with Gasteiger partial charge in [0.05, 0.1) is 6.04 Å². The Hall–Kier alpha value is -2.21. The maximum Gasteiger partial charge on any atom is 0.240 e. The Morgan fingerprint density at radius 3 is 2.56 bits per heavy atom. The van der Waals surface area contributed by atoms with Crippen molar-refractivity contribution in [1.29, 1.82) is 0 Å². The third-order valence-electron chi connectivity index (χ3n) is 5.82. The van der Waals surface area contributed by atoms with Crippen LogP contribution in [0, 0.1) is 0 Å². The number of likely N-dealkylation sites (N-methyl/N-ethyl adjacent to an activating group) is 2. The largest absolute Gasteiger partial charge is 0.343 e. The first-order valence-electron chi connectivity index (χ1n) is 9.70. The first-order valence-corrected chi connectivity index (χ1v) is 9.70. The van der Waals surface area contributed by atoms with Gasteiger partial charge in [-0.3, -0.25) is 15.1 Å². The van der Waals surface area contributed by atoms with Crippen LogP contribution in [0.3, 0.4) is 0 Å². The topological polar surface area (TPSA) is 47.6 Å². The fraction of sp³-hybridized carbons (Fsp3) is 0.409. The molecule has 0 aliphatic carbocycles. The van der Waals surface area contributed by atoms with Crippen LogP contribution in [0.4, 0.5) is 0 Å². The predicted octanol–water partition coefficient (Wildman–Crippen LogP) is 2.11. The van der Waals surface area contributed by atoms with Gasteiger partial charge in [0.2, 0.25) is 5.91 Å². The molecule has 0 radical (unpaired) electrons. The van der Waals surface area contributed by atoms with E-state index >= 15 is 0 Å². The second kappa shape index (κ2) is 7.80. The summed E-state index contributed by atoms with van der Waals surface area (Å²) < 4.78 is 0. The number of nitrogens with zero attached hydrogens (tertiary/aromatic N) is 2. The van der Waals surface area contributed by atoms with Gasteiger partial charge in [-0.25, -0.2) is 5.43 Å². The number of rotatable bonds is 4. The first-order chi connectivity index (χ1) is 13.1. The molecule has 3 unspecified atom stereocenters. The van der Waals surface area contributed by atoms with E-state index in [-0.39, 0.29) is 18.0 Å². The molecule has 2 aliphatic heterocycles. The molecule has 1 saturated heterocycles. The lowest BCUT2D eigenvalue weighted by Gasteiger charge is -2.35. The number of hydrazine groups is 1. The van der Waals surface area contributed by atoms with E-state index < -0.39 is 0 Å². The van der Waals surface area contributed by atoms with Crippen molar-refractivity contribution >= 4 is 5.91 Å². The van der Waals surface area contributed by atoms with E-state index in [2.05, 4.69) is 64.3 Å². The predicted molar refractivity (Wildman–Crippen MR) is 107 cm³/mol. The van der Waals surface area contributed by atoms with E-state index in [0.29, 0.717) is 12.6 Å². The monoisotopic (exact) mass is 364 g/mol. The highest BCUT2D eigenvalue weighted by Gasteiger charge is 2.33. The molecule has 2 aromatic carbocycles. The number of nitrogens with one attached hydrogen (secondary N) is 2. The minimum absolute atomic E-state index is 0.0795. The summed E-state index contributed by atoms with van der Waals surface area (Å²) in [4.78, 5) is 17.2. The maximum atomic E-state index is 13.1. The van der Waals surface area contributed by atoms with Gasteiger partial charge >= 0.3 is 0 Å². The minimum Gasteiger partial charge on any atom is -0.343 e. The highest BCUT2D eigenvalue weighted by Crippen LogP contribution is 2.24.